The van der Waals surface area contributed by atoms with Gasteiger partial charge in [-0.05, 0) is 67.3 Å². The van der Waals surface area contributed by atoms with Gasteiger partial charge in [0.05, 0.1) is 18.1 Å². The number of hydrogen-bond acceptors (Lipinski definition) is 2. The monoisotopic (exact) mass is 434 g/mol. The highest BCUT2D eigenvalue weighted by Crippen LogP contribution is 2.49. The van der Waals surface area contributed by atoms with E-state index >= 15 is 0 Å². The van der Waals surface area contributed by atoms with Crippen LogP contribution in [0.2, 0.25) is 0 Å². The zero-order valence-electron chi connectivity index (χ0n) is 18.0. The normalized spacial score (nSPS) is 16.0. The number of halogens is 4. The first-order valence-corrected chi connectivity index (χ1v) is 9.98. The number of rotatable bonds is 6. The van der Waals surface area contributed by atoms with E-state index in [0.717, 1.165) is 41.0 Å². The molecule has 0 radical (unpaired) electrons. The molecule has 0 saturated heterocycles. The van der Waals surface area contributed by atoms with Gasteiger partial charge in [0.1, 0.15) is 11.6 Å². The molecule has 0 amide bonds. The summed E-state index contributed by atoms with van der Waals surface area (Å²) in [7, 11) is 1.24. The first-order chi connectivity index (χ1) is 14.4. The van der Waals surface area contributed by atoms with Gasteiger partial charge >= 0.3 is 6.18 Å². The first kappa shape index (κ1) is 23.1. The molecule has 3 aromatic carbocycles. The molecule has 2 nitrogen and oxygen atoms in total. The smallest absolute Gasteiger partial charge is 0.398 e. The average molecular weight is 434 g/mol. The molecule has 0 aliphatic heterocycles. The summed E-state index contributed by atoms with van der Waals surface area (Å²) >= 11 is 0. The van der Waals surface area contributed by atoms with Crippen LogP contribution < -0.4 is 4.74 Å². The summed E-state index contributed by atoms with van der Waals surface area (Å²) in [4.78, 5) is 0. The lowest BCUT2D eigenvalue weighted by molar-refractivity contribution is -0.200. The SMILES string of the molecule is COc1ccc(F)cc1C(C)(CC(C)(O)Cc1c(C)ccc2ccccc12)C(F)(F)F. The number of alkyl halides is 3. The highest BCUT2D eigenvalue weighted by molar-refractivity contribution is 5.86. The third-order valence-corrected chi connectivity index (χ3v) is 5.95. The van der Waals surface area contributed by atoms with Crippen LogP contribution in [0.1, 0.15) is 37.0 Å². The summed E-state index contributed by atoms with van der Waals surface area (Å²) in [5.41, 5.74) is -2.91. The number of aliphatic hydroxyl groups is 1. The molecule has 3 rings (SSSR count). The largest absolute Gasteiger partial charge is 0.496 e. The van der Waals surface area contributed by atoms with Gasteiger partial charge in [0.2, 0.25) is 0 Å². The van der Waals surface area contributed by atoms with Crippen molar-refractivity contribution in [2.75, 3.05) is 7.11 Å². The van der Waals surface area contributed by atoms with Gasteiger partial charge in [-0.25, -0.2) is 4.39 Å². The van der Waals surface area contributed by atoms with Gasteiger partial charge < -0.3 is 9.84 Å². The van der Waals surface area contributed by atoms with Crippen LogP contribution in [0.15, 0.2) is 54.6 Å². The van der Waals surface area contributed by atoms with Crippen LogP contribution in [-0.4, -0.2) is 24.0 Å². The Morgan fingerprint density at radius 2 is 1.65 bits per heavy atom. The Balaban J connectivity index is 2.07. The fourth-order valence-electron chi connectivity index (χ4n) is 4.34. The van der Waals surface area contributed by atoms with E-state index in [9.17, 15) is 22.7 Å². The minimum Gasteiger partial charge on any atom is -0.496 e. The summed E-state index contributed by atoms with van der Waals surface area (Å²) in [5.74, 6) is -0.866. The number of ether oxygens (including phenoxy) is 1. The molecule has 0 aliphatic rings. The predicted octanol–water partition coefficient (Wildman–Crippen LogP) is 6.50. The number of fused-ring (bicyclic) bond motifs is 1. The molecule has 0 fully saturated rings. The van der Waals surface area contributed by atoms with Crippen LogP contribution >= 0.6 is 0 Å². The van der Waals surface area contributed by atoms with Crippen molar-refractivity contribution in [1.82, 2.24) is 0 Å². The Morgan fingerprint density at radius 3 is 2.29 bits per heavy atom. The first-order valence-electron chi connectivity index (χ1n) is 9.98. The van der Waals surface area contributed by atoms with Crippen molar-refractivity contribution in [3.63, 3.8) is 0 Å². The van der Waals surface area contributed by atoms with Crippen molar-refractivity contribution in [2.45, 2.75) is 50.8 Å². The minimum atomic E-state index is -4.74. The molecule has 1 N–H and O–H groups in total. The van der Waals surface area contributed by atoms with E-state index in [1.165, 1.54) is 20.1 Å². The Hall–Kier alpha value is -2.60. The molecule has 0 bridgehead atoms. The molecular formula is C25H26F4O2. The van der Waals surface area contributed by atoms with Crippen LogP contribution in [-0.2, 0) is 11.8 Å². The van der Waals surface area contributed by atoms with E-state index in [4.69, 9.17) is 4.74 Å². The highest BCUT2D eigenvalue weighted by atomic mass is 19.4. The number of aryl methyl sites for hydroxylation is 1. The number of hydrogen-bond donors (Lipinski definition) is 1. The zero-order chi connectivity index (χ0) is 23.0. The summed E-state index contributed by atoms with van der Waals surface area (Å²) in [6, 6.07) is 14.5. The maximum Gasteiger partial charge on any atom is 0.398 e. The second kappa shape index (κ2) is 8.15. The number of methoxy groups -OCH3 is 1. The van der Waals surface area contributed by atoms with Crippen molar-refractivity contribution < 1.29 is 27.4 Å². The second-order valence-corrected chi connectivity index (χ2v) is 8.61. The van der Waals surface area contributed by atoms with Crippen molar-refractivity contribution >= 4 is 10.8 Å². The Morgan fingerprint density at radius 1 is 0.968 bits per heavy atom. The maximum atomic E-state index is 14.4. The van der Waals surface area contributed by atoms with Crippen molar-refractivity contribution in [3.05, 3.63) is 77.1 Å². The van der Waals surface area contributed by atoms with Crippen LogP contribution in [0, 0.1) is 12.7 Å². The molecule has 3 aromatic rings. The summed E-state index contributed by atoms with van der Waals surface area (Å²) < 4.78 is 62.1. The Labute approximate surface area is 179 Å². The molecular weight excluding hydrogens is 408 g/mol. The molecule has 0 aromatic heterocycles. The maximum absolute atomic E-state index is 14.4. The number of benzene rings is 3. The van der Waals surface area contributed by atoms with Crippen LogP contribution in [0.5, 0.6) is 5.75 Å². The molecule has 2 atom stereocenters. The van der Waals surface area contributed by atoms with Crippen molar-refractivity contribution in [2.24, 2.45) is 0 Å². The van der Waals surface area contributed by atoms with Gasteiger partial charge in [0.25, 0.3) is 0 Å². The lowest BCUT2D eigenvalue weighted by atomic mass is 9.71. The molecule has 166 valence electrons. The van der Waals surface area contributed by atoms with E-state index in [2.05, 4.69) is 0 Å². The molecule has 6 heteroatoms. The van der Waals surface area contributed by atoms with Crippen molar-refractivity contribution in [1.29, 1.82) is 0 Å². The minimum absolute atomic E-state index is 0.0173. The fraction of sp³-hybridized carbons (Fsp3) is 0.360. The van der Waals surface area contributed by atoms with E-state index in [0.29, 0.717) is 0 Å². The van der Waals surface area contributed by atoms with E-state index in [1.54, 1.807) is 0 Å². The lowest BCUT2D eigenvalue weighted by Crippen LogP contribution is -2.47. The zero-order valence-corrected chi connectivity index (χ0v) is 18.0. The molecule has 0 spiro atoms. The van der Waals surface area contributed by atoms with Crippen LogP contribution in [0.25, 0.3) is 10.8 Å². The van der Waals surface area contributed by atoms with Crippen LogP contribution in [0.4, 0.5) is 17.6 Å². The predicted molar refractivity (Wildman–Crippen MR) is 114 cm³/mol. The van der Waals surface area contributed by atoms with Gasteiger partial charge in [-0.2, -0.15) is 13.2 Å². The Bertz CT molecular complexity index is 1090. The molecule has 0 aliphatic carbocycles. The summed E-state index contributed by atoms with van der Waals surface area (Å²) in [6.45, 7) is 4.25. The highest BCUT2D eigenvalue weighted by Gasteiger charge is 2.56. The van der Waals surface area contributed by atoms with Gasteiger partial charge in [0, 0.05) is 12.0 Å². The summed E-state index contributed by atoms with van der Waals surface area (Å²) in [5, 5.41) is 13.0. The average Bonchev–Trinajstić information content (AvgIpc) is 2.69. The molecule has 0 saturated carbocycles. The lowest BCUT2D eigenvalue weighted by Gasteiger charge is -2.39. The van der Waals surface area contributed by atoms with E-state index < -0.39 is 29.4 Å². The van der Waals surface area contributed by atoms with Crippen molar-refractivity contribution in [3.8, 4) is 5.75 Å². The Kier molecular flexibility index (Phi) is 6.07. The standard InChI is InChI=1S/C25H26F4O2/c1-16-9-10-17-7-5-6-8-19(17)20(16)14-23(2,30)15-24(3,25(27,28)29)21-13-18(26)11-12-22(21)31-4/h5-13,30H,14-15H2,1-4H3. The molecule has 0 heterocycles. The van der Waals surface area contributed by atoms with Gasteiger partial charge in [-0.1, -0.05) is 36.4 Å². The third-order valence-electron chi connectivity index (χ3n) is 5.95. The third kappa shape index (κ3) is 4.54. The van der Waals surface area contributed by atoms with E-state index in [-0.39, 0.29) is 17.7 Å². The van der Waals surface area contributed by atoms with Gasteiger partial charge in [0.15, 0.2) is 0 Å². The molecule has 31 heavy (non-hydrogen) atoms. The van der Waals surface area contributed by atoms with Gasteiger partial charge in [-0.3, -0.25) is 0 Å². The second-order valence-electron chi connectivity index (χ2n) is 8.61. The van der Waals surface area contributed by atoms with Gasteiger partial charge in [-0.15, -0.1) is 0 Å². The molecule has 2 unspecified atom stereocenters. The fourth-order valence-corrected chi connectivity index (χ4v) is 4.34. The topological polar surface area (TPSA) is 29.5 Å². The quantitative estimate of drug-likeness (QED) is 0.449. The van der Waals surface area contributed by atoms with Crippen LogP contribution in [0.3, 0.4) is 0 Å². The van der Waals surface area contributed by atoms with E-state index in [1.807, 2.05) is 43.3 Å². The summed E-state index contributed by atoms with van der Waals surface area (Å²) in [6.07, 6.45) is -5.39.